The van der Waals surface area contributed by atoms with Gasteiger partial charge in [-0.2, -0.15) is 0 Å². The van der Waals surface area contributed by atoms with Crippen LogP contribution in [0.3, 0.4) is 0 Å². The molecule has 26 heavy (non-hydrogen) atoms. The average Bonchev–Trinajstić information content (AvgIpc) is 2.95. The number of hydrogen-bond donors (Lipinski definition) is 1. The molecule has 0 radical (unpaired) electrons. The van der Waals surface area contributed by atoms with E-state index in [1.54, 1.807) is 24.7 Å². The van der Waals surface area contributed by atoms with Crippen LogP contribution in [0.25, 0.3) is 11.0 Å². The summed E-state index contributed by atoms with van der Waals surface area (Å²) in [6.07, 6.45) is 1.79. The van der Waals surface area contributed by atoms with Crippen molar-refractivity contribution in [2.75, 3.05) is 0 Å². The summed E-state index contributed by atoms with van der Waals surface area (Å²) >= 11 is 0. The maximum atomic E-state index is 12.1. The lowest BCUT2D eigenvalue weighted by Crippen LogP contribution is -2.32. The van der Waals surface area contributed by atoms with Crippen LogP contribution >= 0.6 is 0 Å². The van der Waals surface area contributed by atoms with E-state index in [-0.39, 0.29) is 5.92 Å². The minimum absolute atomic E-state index is 0.349. The molecule has 0 fully saturated rings. The molecule has 0 aliphatic heterocycles. The van der Waals surface area contributed by atoms with E-state index >= 15 is 0 Å². The van der Waals surface area contributed by atoms with Gasteiger partial charge in [0.25, 0.3) is 0 Å². The van der Waals surface area contributed by atoms with Crippen LogP contribution in [-0.2, 0) is 11.8 Å². The molecule has 1 N–H and O–H groups in total. The van der Waals surface area contributed by atoms with E-state index in [0.29, 0.717) is 0 Å². The van der Waals surface area contributed by atoms with Crippen LogP contribution in [0.1, 0.15) is 47.7 Å². The summed E-state index contributed by atoms with van der Waals surface area (Å²) in [6.45, 7) is 9.44. The van der Waals surface area contributed by atoms with Gasteiger partial charge in [0.15, 0.2) is 0 Å². The SMILES string of the molecule is Cc1cc(C(c2ccc3c(nnn3C)c2C)C(C)(C)C(=O)O)cnc1C. The van der Waals surface area contributed by atoms with Gasteiger partial charge in [-0.15, -0.1) is 5.10 Å². The molecule has 0 aliphatic carbocycles. The molecule has 6 heteroatoms. The van der Waals surface area contributed by atoms with Gasteiger partial charge in [-0.05, 0) is 62.9 Å². The minimum Gasteiger partial charge on any atom is -0.481 e. The van der Waals surface area contributed by atoms with E-state index in [0.717, 1.165) is 39.0 Å². The van der Waals surface area contributed by atoms with E-state index in [4.69, 9.17) is 0 Å². The number of carbonyl (C=O) groups is 1. The summed E-state index contributed by atoms with van der Waals surface area (Å²) in [6, 6.07) is 5.99. The van der Waals surface area contributed by atoms with Gasteiger partial charge < -0.3 is 5.11 Å². The molecule has 0 bridgehead atoms. The second kappa shape index (κ2) is 6.20. The fourth-order valence-corrected chi connectivity index (χ4v) is 3.49. The number of aryl methyl sites for hydroxylation is 4. The quantitative estimate of drug-likeness (QED) is 0.777. The fraction of sp³-hybridized carbons (Fsp3) is 0.400. The summed E-state index contributed by atoms with van der Waals surface area (Å²) < 4.78 is 1.72. The molecule has 0 aliphatic rings. The predicted molar refractivity (Wildman–Crippen MR) is 100 cm³/mol. The first-order valence-corrected chi connectivity index (χ1v) is 8.60. The molecule has 6 nitrogen and oxygen atoms in total. The Morgan fingerprint density at radius 2 is 1.92 bits per heavy atom. The molecular weight excluding hydrogens is 328 g/mol. The summed E-state index contributed by atoms with van der Waals surface area (Å²) in [4.78, 5) is 16.6. The zero-order valence-electron chi connectivity index (χ0n) is 16.0. The first-order valence-electron chi connectivity index (χ1n) is 8.60. The molecule has 0 spiro atoms. The van der Waals surface area contributed by atoms with Gasteiger partial charge in [0.2, 0.25) is 0 Å². The van der Waals surface area contributed by atoms with Crippen molar-refractivity contribution >= 4 is 17.0 Å². The largest absolute Gasteiger partial charge is 0.481 e. The Hall–Kier alpha value is -2.76. The summed E-state index contributed by atoms with van der Waals surface area (Å²) in [5.41, 5.74) is 5.50. The molecule has 3 rings (SSSR count). The maximum absolute atomic E-state index is 12.1. The molecule has 1 atom stereocenters. The van der Waals surface area contributed by atoms with Gasteiger partial charge in [0, 0.05) is 24.9 Å². The molecule has 1 aromatic carbocycles. The van der Waals surface area contributed by atoms with Gasteiger partial charge in [0.1, 0.15) is 5.52 Å². The number of carboxylic acid groups (broad SMARTS) is 1. The number of nitrogens with zero attached hydrogens (tertiary/aromatic N) is 4. The number of rotatable bonds is 4. The van der Waals surface area contributed by atoms with E-state index in [1.165, 1.54) is 0 Å². The molecule has 0 amide bonds. The maximum Gasteiger partial charge on any atom is 0.310 e. The molecule has 3 aromatic rings. The number of pyridine rings is 1. The van der Waals surface area contributed by atoms with Gasteiger partial charge in [-0.3, -0.25) is 9.78 Å². The highest BCUT2D eigenvalue weighted by atomic mass is 16.4. The lowest BCUT2D eigenvalue weighted by Gasteiger charge is -2.32. The van der Waals surface area contributed by atoms with Crippen molar-refractivity contribution in [2.24, 2.45) is 12.5 Å². The molecule has 0 saturated carbocycles. The molecule has 1 unspecified atom stereocenters. The second-order valence-electron chi connectivity index (χ2n) is 7.49. The van der Waals surface area contributed by atoms with Crippen LogP contribution in [0, 0.1) is 26.2 Å². The fourth-order valence-electron chi connectivity index (χ4n) is 3.49. The summed E-state index contributed by atoms with van der Waals surface area (Å²) in [5, 5.41) is 18.3. The average molecular weight is 352 g/mol. The number of benzene rings is 1. The highest BCUT2D eigenvalue weighted by Crippen LogP contribution is 2.43. The number of hydrogen-bond acceptors (Lipinski definition) is 4. The smallest absolute Gasteiger partial charge is 0.310 e. The Morgan fingerprint density at radius 1 is 1.23 bits per heavy atom. The van der Waals surface area contributed by atoms with Crippen LogP contribution in [0.2, 0.25) is 0 Å². The van der Waals surface area contributed by atoms with Crippen molar-refractivity contribution in [3.8, 4) is 0 Å². The van der Waals surface area contributed by atoms with E-state index in [9.17, 15) is 9.90 Å². The van der Waals surface area contributed by atoms with Crippen molar-refractivity contribution in [2.45, 2.75) is 40.5 Å². The first kappa shape index (κ1) is 18.0. The van der Waals surface area contributed by atoms with Crippen molar-refractivity contribution in [1.82, 2.24) is 20.0 Å². The van der Waals surface area contributed by atoms with E-state index in [2.05, 4.69) is 15.3 Å². The summed E-state index contributed by atoms with van der Waals surface area (Å²) in [5.74, 6) is -1.20. The molecule has 136 valence electrons. The normalized spacial score (nSPS) is 13.2. The van der Waals surface area contributed by atoms with Crippen molar-refractivity contribution in [3.05, 3.63) is 52.3 Å². The van der Waals surface area contributed by atoms with Gasteiger partial charge >= 0.3 is 5.97 Å². The zero-order valence-corrected chi connectivity index (χ0v) is 16.0. The number of aromatic nitrogens is 4. The Morgan fingerprint density at radius 3 is 2.54 bits per heavy atom. The molecule has 2 aromatic heterocycles. The molecule has 0 saturated heterocycles. The Labute approximate surface area is 152 Å². The van der Waals surface area contributed by atoms with Gasteiger partial charge in [0.05, 0.1) is 10.9 Å². The lowest BCUT2D eigenvalue weighted by molar-refractivity contribution is -0.147. The van der Waals surface area contributed by atoms with Crippen molar-refractivity contribution < 1.29 is 9.90 Å². The van der Waals surface area contributed by atoms with Crippen LogP contribution in [0.15, 0.2) is 24.4 Å². The number of fused-ring (bicyclic) bond motifs is 1. The molecular formula is C20H24N4O2. The van der Waals surface area contributed by atoms with Crippen molar-refractivity contribution in [1.29, 1.82) is 0 Å². The summed E-state index contributed by atoms with van der Waals surface area (Å²) in [7, 11) is 1.85. The number of aliphatic carboxylic acids is 1. The highest BCUT2D eigenvalue weighted by Gasteiger charge is 2.40. The Kier molecular flexibility index (Phi) is 4.30. The van der Waals surface area contributed by atoms with Gasteiger partial charge in [-0.25, -0.2) is 4.68 Å². The first-order chi connectivity index (χ1) is 12.1. The highest BCUT2D eigenvalue weighted by molar-refractivity contribution is 5.81. The van der Waals surface area contributed by atoms with Gasteiger partial charge in [-0.1, -0.05) is 17.3 Å². The second-order valence-corrected chi connectivity index (χ2v) is 7.49. The predicted octanol–water partition coefficient (Wildman–Crippen LogP) is 3.53. The topological polar surface area (TPSA) is 80.9 Å². The van der Waals surface area contributed by atoms with Crippen LogP contribution in [-0.4, -0.2) is 31.1 Å². The lowest BCUT2D eigenvalue weighted by atomic mass is 9.70. The van der Waals surface area contributed by atoms with Crippen molar-refractivity contribution in [3.63, 3.8) is 0 Å². The standard InChI is InChI=1S/C20H24N4O2/c1-11-9-14(10-21-13(11)3)17(20(4,5)19(25)26)15-7-8-16-18(12(15)2)22-23-24(16)6/h7-10,17H,1-6H3,(H,25,26). The minimum atomic E-state index is -1.01. The van der Waals surface area contributed by atoms with Crippen LogP contribution in [0.4, 0.5) is 0 Å². The third kappa shape index (κ3) is 2.75. The zero-order chi connectivity index (χ0) is 19.2. The van der Waals surface area contributed by atoms with Crippen LogP contribution < -0.4 is 0 Å². The van der Waals surface area contributed by atoms with E-state index in [1.807, 2.05) is 46.0 Å². The third-order valence-corrected chi connectivity index (χ3v) is 5.36. The Bertz CT molecular complexity index is 1000. The Balaban J connectivity index is 2.29. The van der Waals surface area contributed by atoms with Crippen LogP contribution in [0.5, 0.6) is 0 Å². The van der Waals surface area contributed by atoms with E-state index < -0.39 is 11.4 Å². The third-order valence-electron chi connectivity index (χ3n) is 5.36. The monoisotopic (exact) mass is 352 g/mol. The molecule has 2 heterocycles. The number of carboxylic acids is 1.